The largest absolute Gasteiger partial charge is 0.261 e. The molecular formula is C16H19N2O2S. The summed E-state index contributed by atoms with van der Waals surface area (Å²) in [5.74, 6) is 0. The van der Waals surface area contributed by atoms with Crippen molar-refractivity contribution in [2.45, 2.75) is 24.7 Å². The predicted octanol–water partition coefficient (Wildman–Crippen LogP) is 2.53. The lowest BCUT2D eigenvalue weighted by atomic mass is 10.3. The van der Waals surface area contributed by atoms with Crippen molar-refractivity contribution in [3.63, 3.8) is 0 Å². The lowest BCUT2D eigenvalue weighted by molar-refractivity contribution is 0.412. The van der Waals surface area contributed by atoms with Crippen LogP contribution in [-0.4, -0.2) is 30.8 Å². The van der Waals surface area contributed by atoms with Crippen molar-refractivity contribution in [1.82, 2.24) is 9.29 Å². The van der Waals surface area contributed by atoms with Gasteiger partial charge in [0.25, 0.3) is 0 Å². The van der Waals surface area contributed by atoms with E-state index in [-0.39, 0.29) is 4.90 Å². The molecule has 4 nitrogen and oxygen atoms in total. The van der Waals surface area contributed by atoms with E-state index in [2.05, 4.69) is 11.1 Å². The van der Waals surface area contributed by atoms with Crippen LogP contribution in [0.25, 0.3) is 0 Å². The fraction of sp³-hybridized carbons (Fsp3) is 0.312. The van der Waals surface area contributed by atoms with E-state index in [1.54, 1.807) is 30.5 Å². The molecule has 0 fully saturated rings. The molecular weight excluding hydrogens is 284 g/mol. The molecule has 0 aliphatic rings. The Kier molecular flexibility index (Phi) is 5.47. The van der Waals surface area contributed by atoms with Crippen molar-refractivity contribution in [3.05, 3.63) is 60.4 Å². The Hall–Kier alpha value is -1.72. The molecule has 0 saturated heterocycles. The molecule has 5 heteroatoms. The summed E-state index contributed by atoms with van der Waals surface area (Å²) >= 11 is 0. The van der Waals surface area contributed by atoms with Gasteiger partial charge in [0.15, 0.2) is 0 Å². The minimum absolute atomic E-state index is 0.222. The summed E-state index contributed by atoms with van der Waals surface area (Å²) in [6, 6.07) is 15.1. The summed E-state index contributed by atoms with van der Waals surface area (Å²) in [6.07, 6.45) is 3.10. The van der Waals surface area contributed by atoms with Crippen LogP contribution in [0.1, 0.15) is 19.0 Å². The zero-order chi connectivity index (χ0) is 15.1. The van der Waals surface area contributed by atoms with E-state index >= 15 is 0 Å². The third-order valence-corrected chi connectivity index (χ3v) is 4.97. The Morgan fingerprint density at radius 1 is 1.14 bits per heavy atom. The van der Waals surface area contributed by atoms with Crippen molar-refractivity contribution in [3.8, 4) is 0 Å². The van der Waals surface area contributed by atoms with Gasteiger partial charge >= 0.3 is 0 Å². The average molecular weight is 303 g/mol. The molecule has 1 heterocycles. The average Bonchev–Trinajstić information content (AvgIpc) is 2.53. The van der Waals surface area contributed by atoms with Crippen molar-refractivity contribution >= 4 is 10.0 Å². The lowest BCUT2D eigenvalue weighted by Gasteiger charge is -2.21. The predicted molar refractivity (Wildman–Crippen MR) is 82.3 cm³/mol. The Labute approximate surface area is 126 Å². The van der Waals surface area contributed by atoms with E-state index in [0.29, 0.717) is 19.5 Å². The quantitative estimate of drug-likeness (QED) is 0.790. The Balaban J connectivity index is 2.15. The molecule has 111 valence electrons. The normalized spacial score (nSPS) is 11.7. The maximum Gasteiger partial charge on any atom is 0.243 e. The molecule has 0 unspecified atom stereocenters. The Bertz CT molecular complexity index is 642. The molecule has 21 heavy (non-hydrogen) atoms. The van der Waals surface area contributed by atoms with Gasteiger partial charge < -0.3 is 0 Å². The number of hydrogen-bond donors (Lipinski definition) is 0. The van der Waals surface area contributed by atoms with Gasteiger partial charge in [-0.1, -0.05) is 31.2 Å². The summed E-state index contributed by atoms with van der Waals surface area (Å²) in [5, 5.41) is 0. The fourth-order valence-electron chi connectivity index (χ4n) is 2.06. The summed E-state index contributed by atoms with van der Waals surface area (Å²) in [4.78, 5) is 4.46. The molecule has 0 N–H and O–H groups in total. The molecule has 0 amide bonds. The van der Waals surface area contributed by atoms with E-state index in [0.717, 1.165) is 12.1 Å². The highest BCUT2D eigenvalue weighted by Crippen LogP contribution is 2.15. The molecule has 0 bridgehead atoms. The Morgan fingerprint density at radius 3 is 2.57 bits per heavy atom. The van der Waals surface area contributed by atoms with Crippen LogP contribution in [0.15, 0.2) is 53.6 Å². The molecule has 0 aliphatic heterocycles. The van der Waals surface area contributed by atoms with Crippen LogP contribution in [0.3, 0.4) is 0 Å². The SMILES string of the molecule is CCCN(CCc1ccccn1)S(=O)(=O)c1[c]cccc1. The van der Waals surface area contributed by atoms with Crippen LogP contribution < -0.4 is 0 Å². The molecule has 1 aromatic heterocycles. The van der Waals surface area contributed by atoms with Crippen molar-refractivity contribution in [1.29, 1.82) is 0 Å². The number of benzene rings is 1. The summed E-state index contributed by atoms with van der Waals surface area (Å²) in [6.45, 7) is 2.89. The van der Waals surface area contributed by atoms with Gasteiger partial charge in [0.2, 0.25) is 10.0 Å². The van der Waals surface area contributed by atoms with E-state index in [1.165, 1.54) is 4.31 Å². The van der Waals surface area contributed by atoms with Gasteiger partial charge in [-0.25, -0.2) is 8.42 Å². The third-order valence-electron chi connectivity index (χ3n) is 3.11. The number of hydrogen-bond acceptors (Lipinski definition) is 3. The molecule has 2 rings (SSSR count). The number of pyridine rings is 1. The maximum atomic E-state index is 12.6. The first-order valence-corrected chi connectivity index (χ1v) is 8.45. The summed E-state index contributed by atoms with van der Waals surface area (Å²) in [5.41, 5.74) is 0.894. The maximum absolute atomic E-state index is 12.6. The number of nitrogens with zero attached hydrogens (tertiary/aromatic N) is 2. The topological polar surface area (TPSA) is 50.3 Å². The second-order valence-corrected chi connectivity index (χ2v) is 6.61. The van der Waals surface area contributed by atoms with Crippen LogP contribution in [-0.2, 0) is 16.4 Å². The zero-order valence-electron chi connectivity index (χ0n) is 12.1. The van der Waals surface area contributed by atoms with E-state index < -0.39 is 10.0 Å². The lowest BCUT2D eigenvalue weighted by Crippen LogP contribution is -2.33. The van der Waals surface area contributed by atoms with Crippen LogP contribution >= 0.6 is 0 Å². The standard InChI is InChI=1S/C16H19N2O2S/c1-2-13-18(14-11-15-8-6-7-12-17-15)21(19,20)16-9-4-3-5-10-16/h3-9,12H,2,11,13-14H2,1H3. The van der Waals surface area contributed by atoms with Gasteiger partial charge in [0, 0.05) is 37.5 Å². The van der Waals surface area contributed by atoms with Gasteiger partial charge in [-0.15, -0.1) is 0 Å². The second kappa shape index (κ2) is 7.33. The minimum atomic E-state index is -3.48. The van der Waals surface area contributed by atoms with Crippen LogP contribution in [0.5, 0.6) is 0 Å². The van der Waals surface area contributed by atoms with Gasteiger partial charge in [-0.05, 0) is 24.6 Å². The van der Waals surface area contributed by atoms with E-state index in [4.69, 9.17) is 0 Å². The molecule has 0 saturated carbocycles. The molecule has 0 spiro atoms. The van der Waals surface area contributed by atoms with Crippen molar-refractivity contribution < 1.29 is 8.42 Å². The van der Waals surface area contributed by atoms with Crippen molar-refractivity contribution in [2.75, 3.05) is 13.1 Å². The molecule has 0 aliphatic carbocycles. The van der Waals surface area contributed by atoms with Gasteiger partial charge in [0.1, 0.15) is 0 Å². The summed E-state index contributed by atoms with van der Waals surface area (Å²) in [7, 11) is -3.48. The first-order chi connectivity index (χ1) is 10.1. The van der Waals surface area contributed by atoms with Gasteiger partial charge in [-0.3, -0.25) is 4.98 Å². The van der Waals surface area contributed by atoms with Crippen LogP contribution in [0.2, 0.25) is 0 Å². The van der Waals surface area contributed by atoms with Crippen LogP contribution in [0, 0.1) is 6.07 Å². The third kappa shape index (κ3) is 4.12. The van der Waals surface area contributed by atoms with Gasteiger partial charge in [0.05, 0.1) is 4.90 Å². The number of aromatic nitrogens is 1. The fourth-order valence-corrected chi connectivity index (χ4v) is 3.56. The van der Waals surface area contributed by atoms with Crippen molar-refractivity contribution in [2.24, 2.45) is 0 Å². The molecule has 1 radical (unpaired) electrons. The minimum Gasteiger partial charge on any atom is -0.261 e. The highest BCUT2D eigenvalue weighted by molar-refractivity contribution is 7.89. The smallest absolute Gasteiger partial charge is 0.243 e. The first-order valence-electron chi connectivity index (χ1n) is 7.01. The Morgan fingerprint density at radius 2 is 1.95 bits per heavy atom. The van der Waals surface area contributed by atoms with E-state index in [1.807, 2.05) is 25.1 Å². The van der Waals surface area contributed by atoms with Gasteiger partial charge in [-0.2, -0.15) is 4.31 Å². The molecule has 1 aromatic carbocycles. The van der Waals surface area contributed by atoms with Crippen LogP contribution in [0.4, 0.5) is 0 Å². The number of sulfonamides is 1. The first kappa shape index (κ1) is 15.7. The highest BCUT2D eigenvalue weighted by atomic mass is 32.2. The molecule has 2 aromatic rings. The summed E-state index contributed by atoms with van der Waals surface area (Å²) < 4.78 is 26.7. The highest BCUT2D eigenvalue weighted by Gasteiger charge is 2.23. The number of rotatable bonds is 7. The second-order valence-electron chi connectivity index (χ2n) is 4.70. The zero-order valence-corrected chi connectivity index (χ0v) is 12.9. The molecule has 0 atom stereocenters. The van der Waals surface area contributed by atoms with E-state index in [9.17, 15) is 8.42 Å². The monoisotopic (exact) mass is 303 g/mol.